The highest BCUT2D eigenvalue weighted by Gasteiger charge is 2.20. The van der Waals surface area contributed by atoms with Gasteiger partial charge in [0.05, 0.1) is 22.8 Å². The minimum absolute atomic E-state index is 0.0184. The van der Waals surface area contributed by atoms with E-state index in [1.54, 1.807) is 6.07 Å². The third kappa shape index (κ3) is 2.93. The predicted molar refractivity (Wildman–Crippen MR) is 94.2 cm³/mol. The minimum Gasteiger partial charge on any atom is -0.298 e. The van der Waals surface area contributed by atoms with Crippen molar-refractivity contribution in [3.8, 4) is 5.69 Å². The maximum absolute atomic E-state index is 14.6. The molecule has 0 spiro atoms. The summed E-state index contributed by atoms with van der Waals surface area (Å²) in [7, 11) is 0. The van der Waals surface area contributed by atoms with E-state index in [1.165, 1.54) is 24.5 Å². The van der Waals surface area contributed by atoms with Gasteiger partial charge in [-0.25, -0.2) is 9.37 Å². The lowest BCUT2D eigenvalue weighted by Gasteiger charge is -2.20. The summed E-state index contributed by atoms with van der Waals surface area (Å²) in [6, 6.07) is 4.53. The van der Waals surface area contributed by atoms with E-state index in [0.717, 1.165) is 10.2 Å². The van der Waals surface area contributed by atoms with Crippen LogP contribution < -0.4 is 5.56 Å². The molecular weight excluding hydrogens is 345 g/mol. The zero-order chi connectivity index (χ0) is 18.4. The SMILES string of the molecule is CC(C)(C)c1cc(F)c2c(=O)n(-c3ccnc(Cl)c3C=O)ncc2c1. The van der Waals surface area contributed by atoms with Gasteiger partial charge in [-0.2, -0.15) is 9.78 Å². The van der Waals surface area contributed by atoms with Crippen LogP contribution in [0.2, 0.25) is 5.15 Å². The Bertz CT molecular complexity index is 1050. The van der Waals surface area contributed by atoms with Crippen LogP contribution in [-0.4, -0.2) is 21.1 Å². The molecule has 0 saturated heterocycles. The van der Waals surface area contributed by atoms with Crippen molar-refractivity contribution >= 4 is 28.7 Å². The maximum Gasteiger partial charge on any atom is 0.282 e. The Balaban J connectivity index is 2.33. The fraction of sp³-hybridized carbons (Fsp3) is 0.222. The molecule has 128 valence electrons. The zero-order valence-corrected chi connectivity index (χ0v) is 14.6. The molecule has 0 atom stereocenters. The second kappa shape index (κ2) is 6.04. The number of halogens is 2. The zero-order valence-electron chi connectivity index (χ0n) is 13.9. The topological polar surface area (TPSA) is 64.8 Å². The first kappa shape index (κ1) is 17.2. The van der Waals surface area contributed by atoms with Gasteiger partial charge < -0.3 is 0 Å². The second-order valence-electron chi connectivity index (χ2n) is 6.69. The van der Waals surface area contributed by atoms with Crippen LogP contribution in [0.3, 0.4) is 0 Å². The second-order valence-corrected chi connectivity index (χ2v) is 7.04. The molecule has 5 nitrogen and oxygen atoms in total. The summed E-state index contributed by atoms with van der Waals surface area (Å²) in [4.78, 5) is 27.8. The van der Waals surface area contributed by atoms with Gasteiger partial charge >= 0.3 is 0 Å². The van der Waals surface area contributed by atoms with Crippen molar-refractivity contribution in [3.63, 3.8) is 0 Å². The number of rotatable bonds is 2. The van der Waals surface area contributed by atoms with E-state index in [0.29, 0.717) is 11.7 Å². The number of aldehydes is 1. The Morgan fingerprint density at radius 2 is 2.00 bits per heavy atom. The summed E-state index contributed by atoms with van der Waals surface area (Å²) in [6.45, 7) is 5.87. The number of hydrogen-bond donors (Lipinski definition) is 0. The lowest BCUT2D eigenvalue weighted by molar-refractivity contribution is 0.112. The quantitative estimate of drug-likeness (QED) is 0.517. The van der Waals surface area contributed by atoms with Gasteiger partial charge in [-0.1, -0.05) is 32.4 Å². The third-order valence-electron chi connectivity index (χ3n) is 3.97. The number of carbonyl (C=O) groups excluding carboxylic acids is 1. The van der Waals surface area contributed by atoms with Crippen molar-refractivity contribution in [3.05, 3.63) is 63.0 Å². The molecule has 2 aromatic heterocycles. The monoisotopic (exact) mass is 359 g/mol. The van der Waals surface area contributed by atoms with Gasteiger partial charge in [-0.05, 0) is 29.2 Å². The average Bonchev–Trinajstić information content (AvgIpc) is 2.53. The highest BCUT2D eigenvalue weighted by atomic mass is 35.5. The summed E-state index contributed by atoms with van der Waals surface area (Å²) >= 11 is 5.89. The molecule has 0 amide bonds. The summed E-state index contributed by atoms with van der Waals surface area (Å²) < 4.78 is 15.6. The van der Waals surface area contributed by atoms with Crippen LogP contribution in [0, 0.1) is 5.82 Å². The Morgan fingerprint density at radius 3 is 2.64 bits per heavy atom. The summed E-state index contributed by atoms with van der Waals surface area (Å²) in [5, 5.41) is 4.34. The van der Waals surface area contributed by atoms with Gasteiger partial charge in [0, 0.05) is 11.6 Å². The molecule has 7 heteroatoms. The first-order valence-corrected chi connectivity index (χ1v) is 7.94. The standard InChI is InChI=1S/C18H15ClFN3O2/c1-18(2,3)11-6-10-8-22-23(17(25)15(10)13(20)7-11)14-4-5-21-16(19)12(14)9-24/h4-9H,1-3H3. The number of aromatic nitrogens is 3. The Hall–Kier alpha value is -2.60. The van der Waals surface area contributed by atoms with Crippen LogP contribution in [-0.2, 0) is 5.41 Å². The van der Waals surface area contributed by atoms with Gasteiger partial charge in [0.25, 0.3) is 5.56 Å². The van der Waals surface area contributed by atoms with Crippen LogP contribution >= 0.6 is 11.6 Å². The maximum atomic E-state index is 14.6. The summed E-state index contributed by atoms with van der Waals surface area (Å²) in [5.74, 6) is -0.628. The molecule has 0 fully saturated rings. The van der Waals surface area contributed by atoms with Crippen molar-refractivity contribution in [2.75, 3.05) is 0 Å². The number of nitrogens with zero attached hydrogens (tertiary/aromatic N) is 3. The van der Waals surface area contributed by atoms with E-state index >= 15 is 0 Å². The third-order valence-corrected chi connectivity index (χ3v) is 4.27. The van der Waals surface area contributed by atoms with E-state index in [2.05, 4.69) is 10.1 Å². The van der Waals surface area contributed by atoms with Gasteiger partial charge in [-0.15, -0.1) is 0 Å². The van der Waals surface area contributed by atoms with Crippen molar-refractivity contribution in [1.82, 2.24) is 14.8 Å². The lowest BCUT2D eigenvalue weighted by atomic mass is 9.86. The Kier molecular flexibility index (Phi) is 4.16. The highest BCUT2D eigenvalue weighted by molar-refractivity contribution is 6.32. The van der Waals surface area contributed by atoms with Crippen LogP contribution in [0.4, 0.5) is 4.39 Å². The van der Waals surface area contributed by atoms with Gasteiger partial charge in [0.1, 0.15) is 11.0 Å². The van der Waals surface area contributed by atoms with E-state index < -0.39 is 11.4 Å². The molecule has 0 aliphatic carbocycles. The van der Waals surface area contributed by atoms with Crippen LogP contribution in [0.25, 0.3) is 16.5 Å². The largest absolute Gasteiger partial charge is 0.298 e. The first-order chi connectivity index (χ1) is 11.7. The summed E-state index contributed by atoms with van der Waals surface area (Å²) in [5.41, 5.74) is -0.00318. The van der Waals surface area contributed by atoms with E-state index in [-0.39, 0.29) is 27.2 Å². The molecule has 0 aliphatic heterocycles. The molecule has 0 N–H and O–H groups in total. The molecule has 1 aromatic carbocycles. The molecular formula is C18H15ClFN3O2. The van der Waals surface area contributed by atoms with E-state index in [1.807, 2.05) is 20.8 Å². The molecule has 0 saturated carbocycles. The molecule has 3 aromatic rings. The smallest absolute Gasteiger partial charge is 0.282 e. The van der Waals surface area contributed by atoms with Gasteiger partial charge in [0.2, 0.25) is 0 Å². The molecule has 0 bridgehead atoms. The fourth-order valence-electron chi connectivity index (χ4n) is 2.57. The molecule has 2 heterocycles. The average molecular weight is 360 g/mol. The molecule has 25 heavy (non-hydrogen) atoms. The van der Waals surface area contributed by atoms with E-state index in [4.69, 9.17) is 11.6 Å². The molecule has 3 rings (SSSR count). The van der Waals surface area contributed by atoms with Crippen LogP contribution in [0.15, 0.2) is 35.4 Å². The summed E-state index contributed by atoms with van der Waals surface area (Å²) in [6.07, 6.45) is 3.24. The first-order valence-electron chi connectivity index (χ1n) is 7.56. The van der Waals surface area contributed by atoms with Crippen molar-refractivity contribution < 1.29 is 9.18 Å². The molecule has 0 aliphatic rings. The van der Waals surface area contributed by atoms with Gasteiger partial charge in [0.15, 0.2) is 6.29 Å². The minimum atomic E-state index is -0.666. The Morgan fingerprint density at radius 1 is 1.28 bits per heavy atom. The van der Waals surface area contributed by atoms with Crippen molar-refractivity contribution in [2.24, 2.45) is 0 Å². The number of pyridine rings is 1. The molecule has 0 radical (unpaired) electrons. The number of carbonyl (C=O) groups is 1. The van der Waals surface area contributed by atoms with Crippen molar-refractivity contribution in [2.45, 2.75) is 26.2 Å². The van der Waals surface area contributed by atoms with Crippen LogP contribution in [0.5, 0.6) is 0 Å². The normalized spacial score (nSPS) is 11.7. The number of benzene rings is 1. The Labute approximate surface area is 148 Å². The molecule has 0 unspecified atom stereocenters. The van der Waals surface area contributed by atoms with Gasteiger partial charge in [-0.3, -0.25) is 9.59 Å². The fourth-order valence-corrected chi connectivity index (χ4v) is 2.77. The highest BCUT2D eigenvalue weighted by Crippen LogP contribution is 2.27. The van der Waals surface area contributed by atoms with E-state index in [9.17, 15) is 14.0 Å². The van der Waals surface area contributed by atoms with Crippen molar-refractivity contribution in [1.29, 1.82) is 0 Å². The lowest BCUT2D eigenvalue weighted by Crippen LogP contribution is -2.24. The number of fused-ring (bicyclic) bond motifs is 1. The predicted octanol–water partition coefficient (Wildman–Crippen LogP) is 3.68. The van der Waals surface area contributed by atoms with Crippen LogP contribution in [0.1, 0.15) is 36.7 Å². The number of hydrogen-bond acceptors (Lipinski definition) is 4.